The summed E-state index contributed by atoms with van der Waals surface area (Å²) in [6, 6.07) is 0. The van der Waals surface area contributed by atoms with Crippen molar-refractivity contribution < 1.29 is 0 Å². The normalized spacial score (nSPS) is 5.17. The van der Waals surface area contributed by atoms with Gasteiger partial charge in [0, 0.05) is 4.91 Å². The molecular formula is C3H3N3. The van der Waals surface area contributed by atoms with E-state index in [4.69, 9.17) is 12.0 Å². The zero-order valence-electron chi connectivity index (χ0n) is 3.13. The molecule has 0 aromatic carbocycles. The first-order chi connectivity index (χ1) is 2.91. The molecule has 0 aliphatic rings. The van der Waals surface area contributed by atoms with Gasteiger partial charge in [0.05, 0.1) is 6.54 Å². The molecule has 0 heterocycles. The average molecular weight is 81.1 g/mol. The summed E-state index contributed by atoms with van der Waals surface area (Å²) in [4.78, 5) is 2.41. The molecular weight excluding hydrogens is 78.1 g/mol. The fraction of sp³-hybridized carbons (Fsp3) is 0.333. The highest BCUT2D eigenvalue weighted by molar-refractivity contribution is 4.86. The Bertz CT molecular complexity index is 104. The van der Waals surface area contributed by atoms with E-state index in [9.17, 15) is 0 Å². The molecule has 0 aliphatic carbocycles. The third kappa shape index (κ3) is 2.87. The fourth-order valence-electron chi connectivity index (χ4n) is 0.0724. The number of terminal acetylenes is 1. The summed E-state index contributed by atoms with van der Waals surface area (Å²) in [5.41, 5.74) is 7.56. The third-order valence-electron chi connectivity index (χ3n) is 0.225. The molecule has 0 amide bonds. The van der Waals surface area contributed by atoms with Gasteiger partial charge in [0.2, 0.25) is 0 Å². The number of azide groups is 1. The van der Waals surface area contributed by atoms with Crippen LogP contribution >= 0.6 is 0 Å². The van der Waals surface area contributed by atoms with Crippen LogP contribution in [0.5, 0.6) is 0 Å². The van der Waals surface area contributed by atoms with E-state index in [1.54, 1.807) is 0 Å². The Balaban J connectivity index is 3.16. The summed E-state index contributed by atoms with van der Waals surface area (Å²) >= 11 is 0. The van der Waals surface area contributed by atoms with Crippen LogP contribution in [0.25, 0.3) is 10.4 Å². The molecule has 0 N–H and O–H groups in total. The van der Waals surface area contributed by atoms with Crippen molar-refractivity contribution >= 4 is 0 Å². The molecule has 0 atom stereocenters. The lowest BCUT2D eigenvalue weighted by Crippen LogP contribution is -1.60. The zero-order valence-corrected chi connectivity index (χ0v) is 3.13. The highest BCUT2D eigenvalue weighted by atomic mass is 15.1. The van der Waals surface area contributed by atoms with Crippen LogP contribution in [0.15, 0.2) is 5.11 Å². The first kappa shape index (κ1) is 4.87. The van der Waals surface area contributed by atoms with Crippen molar-refractivity contribution in [3.05, 3.63) is 10.4 Å². The highest BCUT2D eigenvalue weighted by Crippen LogP contribution is 1.62. The highest BCUT2D eigenvalue weighted by Gasteiger charge is 1.57. The van der Waals surface area contributed by atoms with Crippen molar-refractivity contribution in [3.63, 3.8) is 0 Å². The molecule has 0 unspecified atom stereocenters. The number of rotatable bonds is 1. The second kappa shape index (κ2) is 3.87. The van der Waals surface area contributed by atoms with E-state index in [1.807, 2.05) is 0 Å². The molecule has 0 radical (unpaired) electrons. The molecule has 0 aromatic rings. The van der Waals surface area contributed by atoms with E-state index in [1.165, 1.54) is 0 Å². The molecule has 30 valence electrons. The van der Waals surface area contributed by atoms with Crippen LogP contribution in [0.3, 0.4) is 0 Å². The molecule has 3 heteroatoms. The summed E-state index contributed by atoms with van der Waals surface area (Å²) in [5, 5.41) is 3.03. The van der Waals surface area contributed by atoms with Crippen LogP contribution in [0.1, 0.15) is 0 Å². The standard InChI is InChI=1S/C3H3N3/c1-2-3-5-6-4/h1H,3H2. The first-order valence-corrected chi connectivity index (χ1v) is 1.36. The minimum absolute atomic E-state index is 0.149. The quantitative estimate of drug-likeness (QED) is 0.195. The maximum Gasteiger partial charge on any atom is 0.0874 e. The van der Waals surface area contributed by atoms with Crippen LogP contribution < -0.4 is 0 Å². The van der Waals surface area contributed by atoms with E-state index >= 15 is 0 Å². The smallest absolute Gasteiger partial charge is 0.0874 e. The third-order valence-corrected chi connectivity index (χ3v) is 0.225. The Kier molecular flexibility index (Phi) is 3.14. The number of nitrogens with zero attached hydrogens (tertiary/aromatic N) is 3. The molecule has 0 saturated heterocycles. The lowest BCUT2D eigenvalue weighted by Gasteiger charge is -1.59. The van der Waals surface area contributed by atoms with E-state index in [-0.39, 0.29) is 6.54 Å². The molecule has 0 fully saturated rings. The van der Waals surface area contributed by atoms with Crippen LogP contribution in [-0.4, -0.2) is 6.54 Å². The van der Waals surface area contributed by atoms with Crippen molar-refractivity contribution in [2.45, 2.75) is 0 Å². The van der Waals surface area contributed by atoms with Gasteiger partial charge >= 0.3 is 0 Å². The monoisotopic (exact) mass is 81.0 g/mol. The predicted molar refractivity (Wildman–Crippen MR) is 22.8 cm³/mol. The average Bonchev–Trinajstić information content (AvgIpc) is 1.61. The van der Waals surface area contributed by atoms with Gasteiger partial charge in [-0.25, -0.2) is 0 Å². The van der Waals surface area contributed by atoms with Gasteiger partial charge in [0.25, 0.3) is 0 Å². The maximum absolute atomic E-state index is 7.56. The Morgan fingerprint density at radius 2 is 2.67 bits per heavy atom. The molecule has 0 rings (SSSR count). The fourth-order valence-corrected chi connectivity index (χ4v) is 0.0724. The second-order valence-corrected chi connectivity index (χ2v) is 0.593. The molecule has 0 spiro atoms. The number of hydrogen-bond donors (Lipinski definition) is 0. The Hall–Kier alpha value is -1.13. The Labute approximate surface area is 35.6 Å². The van der Waals surface area contributed by atoms with Gasteiger partial charge in [-0.3, -0.25) is 0 Å². The van der Waals surface area contributed by atoms with Gasteiger partial charge in [-0.05, 0) is 5.53 Å². The van der Waals surface area contributed by atoms with Gasteiger partial charge in [-0.15, -0.1) is 12.3 Å². The zero-order chi connectivity index (χ0) is 4.83. The van der Waals surface area contributed by atoms with Crippen LogP contribution in [0.2, 0.25) is 0 Å². The van der Waals surface area contributed by atoms with Crippen molar-refractivity contribution in [2.24, 2.45) is 5.11 Å². The number of hydrogen-bond acceptors (Lipinski definition) is 1. The maximum atomic E-state index is 7.56. The largest absolute Gasteiger partial charge is 0.120 e. The summed E-state index contributed by atoms with van der Waals surface area (Å²) < 4.78 is 0. The topological polar surface area (TPSA) is 48.8 Å². The molecule has 0 aromatic heterocycles. The van der Waals surface area contributed by atoms with Gasteiger partial charge in [0.1, 0.15) is 0 Å². The van der Waals surface area contributed by atoms with Crippen molar-refractivity contribution in [2.75, 3.05) is 6.54 Å². The minimum Gasteiger partial charge on any atom is -0.120 e. The van der Waals surface area contributed by atoms with Crippen LogP contribution in [0.4, 0.5) is 0 Å². The SMILES string of the molecule is C#CCN=[N+]=[N-]. The summed E-state index contributed by atoms with van der Waals surface area (Å²) in [5.74, 6) is 2.15. The molecule has 0 bridgehead atoms. The van der Waals surface area contributed by atoms with Crippen LogP contribution in [-0.2, 0) is 0 Å². The predicted octanol–water partition coefficient (Wildman–Crippen LogP) is 0.930. The second-order valence-electron chi connectivity index (χ2n) is 0.593. The molecule has 3 nitrogen and oxygen atoms in total. The van der Waals surface area contributed by atoms with Gasteiger partial charge < -0.3 is 0 Å². The van der Waals surface area contributed by atoms with Crippen molar-refractivity contribution in [3.8, 4) is 12.3 Å². The van der Waals surface area contributed by atoms with Crippen molar-refractivity contribution in [1.29, 1.82) is 0 Å². The van der Waals surface area contributed by atoms with E-state index < -0.39 is 0 Å². The van der Waals surface area contributed by atoms with Gasteiger partial charge in [-0.2, -0.15) is 0 Å². The Morgan fingerprint density at radius 1 is 2.00 bits per heavy atom. The van der Waals surface area contributed by atoms with Gasteiger partial charge in [0.15, 0.2) is 0 Å². The summed E-state index contributed by atoms with van der Waals surface area (Å²) in [6.45, 7) is 0.149. The van der Waals surface area contributed by atoms with Crippen molar-refractivity contribution in [1.82, 2.24) is 0 Å². The molecule has 0 saturated carbocycles. The Morgan fingerprint density at radius 3 is 2.83 bits per heavy atom. The molecule has 6 heavy (non-hydrogen) atoms. The lowest BCUT2D eigenvalue weighted by molar-refractivity contribution is 1.25. The van der Waals surface area contributed by atoms with Crippen LogP contribution in [0, 0.1) is 12.3 Å². The van der Waals surface area contributed by atoms with Gasteiger partial charge in [-0.1, -0.05) is 5.11 Å². The lowest BCUT2D eigenvalue weighted by atomic mass is 10.7. The van der Waals surface area contributed by atoms with E-state index in [0.717, 1.165) is 0 Å². The molecule has 0 aliphatic heterocycles. The summed E-state index contributed by atoms with van der Waals surface area (Å²) in [7, 11) is 0. The van der Waals surface area contributed by atoms with E-state index in [0.29, 0.717) is 0 Å². The van der Waals surface area contributed by atoms with E-state index in [2.05, 4.69) is 15.9 Å². The minimum atomic E-state index is 0.149. The first-order valence-electron chi connectivity index (χ1n) is 1.36. The summed E-state index contributed by atoms with van der Waals surface area (Å²) in [6.07, 6.45) is 4.70.